The molecule has 2 aliphatic rings. The molecule has 3 heterocycles. The van der Waals surface area contributed by atoms with Gasteiger partial charge in [0, 0.05) is 24.7 Å². The topological polar surface area (TPSA) is 87.8 Å². The number of hydrogen-bond acceptors (Lipinski definition) is 7. The Kier molecular flexibility index (Phi) is 6.46. The normalized spacial score (nSPS) is 16.1. The lowest BCUT2D eigenvalue weighted by atomic mass is 9.91. The fourth-order valence-electron chi connectivity index (χ4n) is 5.30. The number of halogens is 4. The van der Waals surface area contributed by atoms with Gasteiger partial charge in [0.2, 0.25) is 11.8 Å². The quantitative estimate of drug-likeness (QED) is 0.250. The van der Waals surface area contributed by atoms with Gasteiger partial charge in [-0.25, -0.2) is 24.3 Å². The first-order chi connectivity index (χ1) is 19.4. The highest BCUT2D eigenvalue weighted by Gasteiger charge is 2.37. The van der Waals surface area contributed by atoms with Gasteiger partial charge in [-0.1, -0.05) is 19.9 Å². The summed E-state index contributed by atoms with van der Waals surface area (Å²) in [4.78, 5) is 22.1. The van der Waals surface area contributed by atoms with Gasteiger partial charge < -0.3 is 14.0 Å². The molecule has 0 saturated heterocycles. The summed E-state index contributed by atoms with van der Waals surface area (Å²) in [7, 11) is 2.94. The molecule has 4 aromatic rings. The van der Waals surface area contributed by atoms with Crippen molar-refractivity contribution < 1.29 is 27.0 Å². The lowest BCUT2D eigenvalue weighted by Gasteiger charge is -2.15. The Morgan fingerprint density at radius 1 is 1.05 bits per heavy atom. The first kappa shape index (κ1) is 27.1. The van der Waals surface area contributed by atoms with Gasteiger partial charge in [-0.05, 0) is 48.8 Å². The van der Waals surface area contributed by atoms with Crippen LogP contribution in [0.4, 0.5) is 17.6 Å². The van der Waals surface area contributed by atoms with Gasteiger partial charge in [-0.15, -0.1) is 0 Å². The van der Waals surface area contributed by atoms with Crippen molar-refractivity contribution in [3.8, 4) is 34.5 Å². The Hall–Kier alpha value is -4.09. The molecule has 8 nitrogen and oxygen atoms in total. The van der Waals surface area contributed by atoms with Gasteiger partial charge >= 0.3 is 6.18 Å². The zero-order valence-corrected chi connectivity index (χ0v) is 23.0. The predicted octanol–water partition coefficient (Wildman–Crippen LogP) is 6.08. The Morgan fingerprint density at radius 2 is 1.83 bits per heavy atom. The molecule has 0 aliphatic heterocycles. The number of ether oxygens (including phenoxy) is 2. The van der Waals surface area contributed by atoms with Crippen molar-refractivity contribution in [2.45, 2.75) is 58.2 Å². The second-order valence-electron chi connectivity index (χ2n) is 11.4. The highest BCUT2D eigenvalue weighted by Crippen LogP contribution is 2.46. The number of imidazole rings is 1. The first-order valence-electron chi connectivity index (χ1n) is 13.2. The number of nitrogens with zero attached hydrogens (tertiary/aromatic N) is 6. The van der Waals surface area contributed by atoms with Crippen LogP contribution in [0.5, 0.6) is 11.8 Å². The Morgan fingerprint density at radius 3 is 2.49 bits per heavy atom. The van der Waals surface area contributed by atoms with E-state index in [-0.39, 0.29) is 23.4 Å². The van der Waals surface area contributed by atoms with Crippen LogP contribution in [0, 0.1) is 11.2 Å². The lowest BCUT2D eigenvalue weighted by Crippen LogP contribution is -2.10. The minimum absolute atomic E-state index is 0.00715. The number of aryl methyl sites for hydroxylation is 1. The summed E-state index contributed by atoms with van der Waals surface area (Å²) in [5.74, 6) is 0.689. The van der Waals surface area contributed by atoms with E-state index < -0.39 is 17.7 Å². The van der Waals surface area contributed by atoms with E-state index in [1.807, 2.05) is 0 Å². The summed E-state index contributed by atoms with van der Waals surface area (Å²) < 4.78 is 67.3. The molecule has 6 rings (SSSR count). The number of benzene rings is 1. The van der Waals surface area contributed by atoms with Crippen LogP contribution in [-0.4, -0.2) is 36.6 Å². The maximum absolute atomic E-state index is 15.1. The average molecular weight is 569 g/mol. The molecule has 41 heavy (non-hydrogen) atoms. The van der Waals surface area contributed by atoms with Crippen molar-refractivity contribution in [3.63, 3.8) is 0 Å². The number of rotatable bonds is 7. The highest BCUT2D eigenvalue weighted by molar-refractivity contribution is 5.67. The maximum Gasteiger partial charge on any atom is 0.434 e. The molecule has 2 aliphatic carbocycles. The Bertz CT molecular complexity index is 1650. The lowest BCUT2D eigenvalue weighted by molar-refractivity contribution is -0.140. The van der Waals surface area contributed by atoms with E-state index in [0.29, 0.717) is 41.1 Å². The van der Waals surface area contributed by atoms with Gasteiger partial charge in [-0.2, -0.15) is 18.2 Å². The van der Waals surface area contributed by atoms with Crippen molar-refractivity contribution in [2.75, 3.05) is 7.11 Å². The molecule has 0 radical (unpaired) electrons. The molecular weight excluding hydrogens is 540 g/mol. The summed E-state index contributed by atoms with van der Waals surface area (Å²) >= 11 is 0. The molecule has 1 saturated carbocycles. The third-order valence-corrected chi connectivity index (χ3v) is 7.40. The molecule has 0 N–H and O–H groups in total. The van der Waals surface area contributed by atoms with Gasteiger partial charge in [0.05, 0.1) is 24.1 Å². The predicted molar refractivity (Wildman–Crippen MR) is 141 cm³/mol. The molecule has 0 spiro atoms. The van der Waals surface area contributed by atoms with Gasteiger partial charge in [0.25, 0.3) is 0 Å². The van der Waals surface area contributed by atoms with Crippen molar-refractivity contribution in [1.82, 2.24) is 29.5 Å². The molecule has 0 amide bonds. The van der Waals surface area contributed by atoms with Crippen molar-refractivity contribution in [3.05, 3.63) is 64.7 Å². The Balaban J connectivity index is 1.32. The molecule has 214 valence electrons. The number of aromatic nitrogens is 6. The van der Waals surface area contributed by atoms with Crippen molar-refractivity contribution >= 4 is 0 Å². The summed E-state index contributed by atoms with van der Waals surface area (Å²) in [5, 5.41) is 0. The number of methoxy groups -OCH3 is 1. The molecule has 1 aromatic carbocycles. The monoisotopic (exact) mass is 568 g/mol. The fourth-order valence-corrected chi connectivity index (χ4v) is 5.30. The second kappa shape index (κ2) is 9.78. The van der Waals surface area contributed by atoms with E-state index >= 15 is 4.39 Å². The third kappa shape index (κ3) is 5.22. The molecule has 12 heteroatoms. The summed E-state index contributed by atoms with van der Waals surface area (Å²) in [6.45, 7) is 4.29. The largest absolute Gasteiger partial charge is 0.480 e. The van der Waals surface area contributed by atoms with Crippen LogP contribution < -0.4 is 9.47 Å². The molecular formula is C29H28F4N6O2. The smallest absolute Gasteiger partial charge is 0.434 e. The van der Waals surface area contributed by atoms with Crippen LogP contribution in [0.1, 0.15) is 60.8 Å². The fraction of sp³-hybridized carbons (Fsp3) is 0.414. The van der Waals surface area contributed by atoms with Crippen LogP contribution in [0.3, 0.4) is 0 Å². The van der Waals surface area contributed by atoms with Crippen LogP contribution >= 0.6 is 0 Å². The molecule has 1 fully saturated rings. The van der Waals surface area contributed by atoms with Crippen molar-refractivity contribution in [2.24, 2.45) is 12.5 Å². The molecule has 0 unspecified atom stereocenters. The highest BCUT2D eigenvalue weighted by atomic mass is 19.4. The van der Waals surface area contributed by atoms with E-state index in [1.54, 1.807) is 13.2 Å². The zero-order valence-electron chi connectivity index (χ0n) is 23.0. The van der Waals surface area contributed by atoms with Crippen LogP contribution in [-0.2, 0) is 32.7 Å². The van der Waals surface area contributed by atoms with Gasteiger partial charge in [0.15, 0.2) is 11.5 Å². The van der Waals surface area contributed by atoms with Crippen LogP contribution in [0.2, 0.25) is 0 Å². The number of alkyl halides is 3. The average Bonchev–Trinajstić information content (AvgIpc) is 3.60. The minimum atomic E-state index is -4.62. The van der Waals surface area contributed by atoms with E-state index in [2.05, 4.69) is 28.8 Å². The van der Waals surface area contributed by atoms with Crippen LogP contribution in [0.25, 0.3) is 22.8 Å². The summed E-state index contributed by atoms with van der Waals surface area (Å²) in [5.41, 5.74) is 2.59. The van der Waals surface area contributed by atoms with Gasteiger partial charge in [0.1, 0.15) is 30.1 Å². The number of fused-ring (bicyclic) bond motifs is 1. The molecule has 0 bridgehead atoms. The molecule has 3 aromatic heterocycles. The van der Waals surface area contributed by atoms with Crippen LogP contribution in [0.15, 0.2) is 30.7 Å². The first-order valence-corrected chi connectivity index (χ1v) is 13.2. The van der Waals surface area contributed by atoms with E-state index in [0.717, 1.165) is 47.0 Å². The van der Waals surface area contributed by atoms with Gasteiger partial charge in [-0.3, -0.25) is 0 Å². The van der Waals surface area contributed by atoms with Crippen molar-refractivity contribution in [1.29, 1.82) is 0 Å². The summed E-state index contributed by atoms with van der Waals surface area (Å²) in [6, 6.07) is 4.25. The number of hydrogen-bond donors (Lipinski definition) is 0. The Labute approximate surface area is 233 Å². The maximum atomic E-state index is 15.1. The van der Waals surface area contributed by atoms with E-state index in [9.17, 15) is 13.2 Å². The zero-order chi connectivity index (χ0) is 29.1. The SMILES string of the molecule is COc1ncnc(C2CC2)c1-c1nc2c(c(OCc3ccc(-c4nc(C(F)(F)F)cn4C)c(F)c3)n1)CC(C)(C)C2. The summed E-state index contributed by atoms with van der Waals surface area (Å²) in [6.07, 6.45) is 1.18. The minimum Gasteiger partial charge on any atom is -0.480 e. The second-order valence-corrected chi connectivity index (χ2v) is 11.4. The van der Waals surface area contributed by atoms with E-state index in [1.165, 1.54) is 25.5 Å². The van der Waals surface area contributed by atoms with E-state index in [4.69, 9.17) is 19.4 Å². The standard InChI is InChI=1S/C29H28F4N6O2/c1-28(2)10-18-20(11-28)36-24(22-23(16-6-7-16)34-14-35-27(22)40-4)38-26(18)41-13-15-5-8-17(19(30)9-15)25-37-21(12-39(25)3)29(31,32)33/h5,8-9,12,14,16H,6-7,10-11,13H2,1-4H3. The third-order valence-electron chi connectivity index (χ3n) is 7.40. The molecule has 0 atom stereocenters.